The Balaban J connectivity index is 2.09. The van der Waals surface area contributed by atoms with Gasteiger partial charge in [0.1, 0.15) is 12.6 Å². The van der Waals surface area contributed by atoms with Crippen molar-refractivity contribution >= 4 is 50.7 Å². The molecular formula is C31H37Cl2N3O4S. The maximum absolute atomic E-state index is 14.1. The molecule has 0 unspecified atom stereocenters. The van der Waals surface area contributed by atoms with Crippen LogP contribution in [0.4, 0.5) is 5.69 Å². The highest BCUT2D eigenvalue weighted by molar-refractivity contribution is 7.92. The van der Waals surface area contributed by atoms with Gasteiger partial charge in [0.25, 0.3) is 10.0 Å². The lowest BCUT2D eigenvalue weighted by molar-refractivity contribution is -0.140. The molecule has 3 aromatic carbocycles. The van der Waals surface area contributed by atoms with Crippen molar-refractivity contribution in [3.8, 4) is 0 Å². The number of anilines is 1. The molecule has 0 bridgehead atoms. The number of halogens is 2. The van der Waals surface area contributed by atoms with Gasteiger partial charge in [-0.05, 0) is 86.7 Å². The second-order valence-electron chi connectivity index (χ2n) is 10.1. The number of nitrogens with zero attached hydrogens (tertiary/aromatic N) is 2. The van der Waals surface area contributed by atoms with Gasteiger partial charge in [0.05, 0.1) is 20.6 Å². The molecule has 0 radical (unpaired) electrons. The fourth-order valence-electron chi connectivity index (χ4n) is 4.37. The third kappa shape index (κ3) is 8.03. The van der Waals surface area contributed by atoms with Crippen molar-refractivity contribution in [2.24, 2.45) is 0 Å². The third-order valence-electron chi connectivity index (χ3n) is 6.94. The average Bonchev–Trinajstić information content (AvgIpc) is 2.94. The summed E-state index contributed by atoms with van der Waals surface area (Å²) in [5.41, 5.74) is 3.81. The number of carbonyl (C=O) groups excluding carboxylic acids is 2. The summed E-state index contributed by atoms with van der Waals surface area (Å²) in [5.74, 6) is -0.828. The maximum atomic E-state index is 14.1. The van der Waals surface area contributed by atoms with Crippen molar-refractivity contribution in [3.63, 3.8) is 0 Å². The Morgan fingerprint density at radius 3 is 2.15 bits per heavy atom. The first-order valence-corrected chi connectivity index (χ1v) is 15.8. The maximum Gasteiger partial charge on any atom is 0.264 e. The van der Waals surface area contributed by atoms with E-state index in [2.05, 4.69) is 5.32 Å². The van der Waals surface area contributed by atoms with E-state index in [1.54, 1.807) is 42.5 Å². The summed E-state index contributed by atoms with van der Waals surface area (Å²) in [6, 6.07) is 15.9. The highest BCUT2D eigenvalue weighted by Gasteiger charge is 2.33. The SMILES string of the molecule is CCCNC(=O)[C@@H](CC)N(Cc1ccc(Cl)c(Cl)c1)C(=O)CN(c1ccc(C)c(C)c1)S(=O)(=O)c1ccc(C)cc1. The molecule has 220 valence electrons. The summed E-state index contributed by atoms with van der Waals surface area (Å²) in [7, 11) is -4.13. The largest absolute Gasteiger partial charge is 0.354 e. The van der Waals surface area contributed by atoms with Crippen LogP contribution in [0.3, 0.4) is 0 Å². The minimum atomic E-state index is -4.13. The number of sulfonamides is 1. The Hall–Kier alpha value is -3.07. The van der Waals surface area contributed by atoms with Gasteiger partial charge in [-0.3, -0.25) is 13.9 Å². The zero-order valence-corrected chi connectivity index (χ0v) is 26.4. The van der Waals surface area contributed by atoms with E-state index in [4.69, 9.17) is 23.2 Å². The molecule has 10 heteroatoms. The van der Waals surface area contributed by atoms with Gasteiger partial charge < -0.3 is 10.2 Å². The molecule has 0 aromatic heterocycles. The Kier molecular flexibility index (Phi) is 11.2. The van der Waals surface area contributed by atoms with Gasteiger partial charge in [-0.25, -0.2) is 8.42 Å². The summed E-state index contributed by atoms with van der Waals surface area (Å²) in [6.07, 6.45) is 1.06. The highest BCUT2D eigenvalue weighted by atomic mass is 35.5. The van der Waals surface area contributed by atoms with Gasteiger partial charge in [-0.15, -0.1) is 0 Å². The first-order valence-electron chi connectivity index (χ1n) is 13.6. The third-order valence-corrected chi connectivity index (χ3v) is 9.47. The molecule has 0 aliphatic heterocycles. The smallest absolute Gasteiger partial charge is 0.264 e. The lowest BCUT2D eigenvalue weighted by Crippen LogP contribution is -2.52. The zero-order valence-electron chi connectivity index (χ0n) is 24.1. The van der Waals surface area contributed by atoms with E-state index in [0.29, 0.717) is 34.3 Å². The van der Waals surface area contributed by atoms with E-state index < -0.39 is 28.5 Å². The number of hydrogen-bond donors (Lipinski definition) is 1. The molecule has 0 aliphatic rings. The van der Waals surface area contributed by atoms with Crippen LogP contribution in [0.15, 0.2) is 65.6 Å². The Morgan fingerprint density at radius 2 is 1.56 bits per heavy atom. The van der Waals surface area contributed by atoms with Crippen LogP contribution >= 0.6 is 23.2 Å². The molecule has 3 aromatic rings. The van der Waals surface area contributed by atoms with Gasteiger partial charge in [-0.2, -0.15) is 0 Å². The minimum absolute atomic E-state index is 0.0408. The number of rotatable bonds is 12. The molecule has 1 N–H and O–H groups in total. The summed E-state index contributed by atoms with van der Waals surface area (Å²) in [5, 5.41) is 3.56. The summed E-state index contributed by atoms with van der Waals surface area (Å²) >= 11 is 12.4. The molecule has 0 spiro atoms. The van der Waals surface area contributed by atoms with Crippen LogP contribution in [0.2, 0.25) is 10.0 Å². The van der Waals surface area contributed by atoms with Gasteiger partial charge in [0.15, 0.2) is 0 Å². The predicted molar refractivity (Wildman–Crippen MR) is 166 cm³/mol. The van der Waals surface area contributed by atoms with Crippen LogP contribution in [-0.2, 0) is 26.2 Å². The molecule has 2 amide bonds. The zero-order chi connectivity index (χ0) is 30.3. The fraction of sp³-hybridized carbons (Fsp3) is 0.355. The number of aryl methyl sites for hydroxylation is 3. The molecule has 41 heavy (non-hydrogen) atoms. The molecule has 0 heterocycles. The van der Waals surface area contributed by atoms with Crippen molar-refractivity contribution < 1.29 is 18.0 Å². The standard InChI is InChI=1S/C31H37Cl2N3O4S/c1-6-16-34-31(38)29(7-2)35(19-24-11-15-27(32)28(33)18-24)30(37)20-36(25-12-10-22(4)23(5)17-25)41(39,40)26-13-8-21(3)9-14-26/h8-15,17-18,29H,6-7,16,19-20H2,1-5H3,(H,34,38)/t29-/m1/s1. The van der Waals surface area contributed by atoms with Crippen LogP contribution in [0.1, 0.15) is 48.9 Å². The molecule has 0 saturated heterocycles. The van der Waals surface area contributed by atoms with E-state index in [-0.39, 0.29) is 17.3 Å². The monoisotopic (exact) mass is 617 g/mol. The second-order valence-corrected chi connectivity index (χ2v) is 12.8. The lowest BCUT2D eigenvalue weighted by Gasteiger charge is -2.33. The number of nitrogens with one attached hydrogen (secondary N) is 1. The normalized spacial score (nSPS) is 12.1. The fourth-order valence-corrected chi connectivity index (χ4v) is 6.09. The molecule has 0 saturated carbocycles. The van der Waals surface area contributed by atoms with Crippen molar-refractivity contribution in [2.75, 3.05) is 17.4 Å². The van der Waals surface area contributed by atoms with Gasteiger partial charge in [0.2, 0.25) is 11.8 Å². The van der Waals surface area contributed by atoms with Gasteiger partial charge in [0, 0.05) is 13.1 Å². The van der Waals surface area contributed by atoms with Crippen LogP contribution in [-0.4, -0.2) is 44.3 Å². The summed E-state index contributed by atoms with van der Waals surface area (Å²) in [4.78, 5) is 28.8. The number of amides is 2. The van der Waals surface area contributed by atoms with E-state index in [0.717, 1.165) is 27.4 Å². The number of benzene rings is 3. The van der Waals surface area contributed by atoms with Crippen molar-refractivity contribution in [1.82, 2.24) is 10.2 Å². The first-order chi connectivity index (χ1) is 19.4. The van der Waals surface area contributed by atoms with Crippen molar-refractivity contribution in [1.29, 1.82) is 0 Å². The second kappa shape index (κ2) is 14.2. The Bertz CT molecular complexity index is 1490. The topological polar surface area (TPSA) is 86.8 Å². The predicted octanol–water partition coefficient (Wildman–Crippen LogP) is 6.45. The first kappa shape index (κ1) is 32.4. The van der Waals surface area contributed by atoms with E-state index in [9.17, 15) is 18.0 Å². The van der Waals surface area contributed by atoms with Crippen LogP contribution in [0, 0.1) is 20.8 Å². The van der Waals surface area contributed by atoms with Crippen LogP contribution in [0.5, 0.6) is 0 Å². The quantitative estimate of drug-likeness (QED) is 0.253. The van der Waals surface area contributed by atoms with Crippen LogP contribution < -0.4 is 9.62 Å². The molecule has 0 aliphatic carbocycles. The molecule has 3 rings (SSSR count). The minimum Gasteiger partial charge on any atom is -0.354 e. The van der Waals surface area contributed by atoms with E-state index >= 15 is 0 Å². The summed E-state index contributed by atoms with van der Waals surface area (Å²) < 4.78 is 29.1. The summed E-state index contributed by atoms with van der Waals surface area (Å²) in [6.45, 7) is 9.45. The van der Waals surface area contributed by atoms with E-state index in [1.165, 1.54) is 17.0 Å². The van der Waals surface area contributed by atoms with Crippen molar-refractivity contribution in [3.05, 3.63) is 93.0 Å². The number of carbonyl (C=O) groups is 2. The lowest BCUT2D eigenvalue weighted by atomic mass is 10.1. The average molecular weight is 619 g/mol. The van der Waals surface area contributed by atoms with Gasteiger partial charge in [-0.1, -0.05) is 66.9 Å². The van der Waals surface area contributed by atoms with Crippen molar-refractivity contribution in [2.45, 2.75) is 64.9 Å². The number of hydrogen-bond acceptors (Lipinski definition) is 4. The molecule has 7 nitrogen and oxygen atoms in total. The molecule has 0 fully saturated rings. The molecule has 1 atom stereocenters. The Labute approximate surface area is 253 Å². The highest BCUT2D eigenvalue weighted by Crippen LogP contribution is 2.28. The van der Waals surface area contributed by atoms with Crippen LogP contribution in [0.25, 0.3) is 0 Å². The van der Waals surface area contributed by atoms with E-state index in [1.807, 2.05) is 40.7 Å². The molecular weight excluding hydrogens is 581 g/mol. The van der Waals surface area contributed by atoms with Gasteiger partial charge >= 0.3 is 0 Å². The Morgan fingerprint density at radius 1 is 0.878 bits per heavy atom.